The molecular formula is C15H23N5. The van der Waals surface area contributed by atoms with E-state index in [2.05, 4.69) is 40.3 Å². The zero-order valence-corrected chi connectivity index (χ0v) is 12.3. The summed E-state index contributed by atoms with van der Waals surface area (Å²) in [6.45, 7) is 6.16. The summed E-state index contributed by atoms with van der Waals surface area (Å²) in [4.78, 5) is 8.56. The fourth-order valence-corrected chi connectivity index (χ4v) is 2.30. The second-order valence-corrected chi connectivity index (χ2v) is 4.91. The van der Waals surface area contributed by atoms with Crippen LogP contribution in [-0.2, 0) is 19.4 Å². The van der Waals surface area contributed by atoms with Crippen molar-refractivity contribution in [3.8, 4) is 0 Å². The van der Waals surface area contributed by atoms with Gasteiger partial charge < -0.3 is 5.32 Å². The number of nitrogens with one attached hydrogen (secondary N) is 1. The lowest BCUT2D eigenvalue weighted by atomic mass is 10.0. The fraction of sp³-hybridized carbons (Fsp3) is 0.533. The van der Waals surface area contributed by atoms with Crippen molar-refractivity contribution in [3.63, 3.8) is 0 Å². The topological polar surface area (TPSA) is 55.6 Å². The molecule has 1 unspecified atom stereocenters. The molecule has 0 saturated heterocycles. The zero-order chi connectivity index (χ0) is 14.2. The van der Waals surface area contributed by atoms with Crippen LogP contribution in [0.15, 0.2) is 30.9 Å². The molecule has 5 heteroatoms. The molecule has 1 atom stereocenters. The third-order valence-corrected chi connectivity index (χ3v) is 3.31. The van der Waals surface area contributed by atoms with Gasteiger partial charge in [0.05, 0.1) is 0 Å². The average Bonchev–Trinajstić information content (AvgIpc) is 2.93. The van der Waals surface area contributed by atoms with Crippen LogP contribution in [0.3, 0.4) is 0 Å². The van der Waals surface area contributed by atoms with Crippen LogP contribution in [0.4, 0.5) is 0 Å². The van der Waals surface area contributed by atoms with E-state index in [0.29, 0.717) is 6.04 Å². The molecule has 0 aliphatic rings. The Balaban J connectivity index is 2.03. The molecule has 5 nitrogen and oxygen atoms in total. The number of aromatic nitrogens is 4. The van der Waals surface area contributed by atoms with Gasteiger partial charge in [-0.1, -0.05) is 13.0 Å². The molecule has 0 bridgehead atoms. The average molecular weight is 273 g/mol. The monoisotopic (exact) mass is 273 g/mol. The molecule has 2 heterocycles. The maximum absolute atomic E-state index is 4.37. The summed E-state index contributed by atoms with van der Waals surface area (Å²) in [7, 11) is 0. The van der Waals surface area contributed by atoms with E-state index in [0.717, 1.165) is 38.2 Å². The van der Waals surface area contributed by atoms with E-state index >= 15 is 0 Å². The Hall–Kier alpha value is -1.75. The van der Waals surface area contributed by atoms with Gasteiger partial charge in [0.15, 0.2) is 0 Å². The van der Waals surface area contributed by atoms with Crippen molar-refractivity contribution in [3.05, 3.63) is 42.2 Å². The minimum absolute atomic E-state index is 0.369. The largest absolute Gasteiger partial charge is 0.313 e. The predicted molar refractivity (Wildman–Crippen MR) is 79.4 cm³/mol. The van der Waals surface area contributed by atoms with E-state index in [9.17, 15) is 0 Å². The summed E-state index contributed by atoms with van der Waals surface area (Å²) in [6.07, 6.45) is 8.37. The van der Waals surface area contributed by atoms with E-state index in [-0.39, 0.29) is 0 Å². The lowest BCUT2D eigenvalue weighted by molar-refractivity contribution is 0.478. The van der Waals surface area contributed by atoms with Gasteiger partial charge >= 0.3 is 0 Å². The first-order chi connectivity index (χ1) is 9.83. The minimum Gasteiger partial charge on any atom is -0.313 e. The van der Waals surface area contributed by atoms with Gasteiger partial charge in [-0.2, -0.15) is 5.10 Å². The zero-order valence-electron chi connectivity index (χ0n) is 12.3. The maximum atomic E-state index is 4.37. The second kappa shape index (κ2) is 7.75. The van der Waals surface area contributed by atoms with E-state index in [1.54, 1.807) is 6.33 Å². The number of rotatable bonds is 8. The molecule has 0 aromatic carbocycles. The van der Waals surface area contributed by atoms with Crippen LogP contribution in [-0.4, -0.2) is 32.3 Å². The molecule has 2 aromatic rings. The highest BCUT2D eigenvalue weighted by molar-refractivity contribution is 5.11. The Morgan fingerprint density at radius 2 is 2.20 bits per heavy atom. The van der Waals surface area contributed by atoms with E-state index in [4.69, 9.17) is 0 Å². The molecule has 0 fully saturated rings. The highest BCUT2D eigenvalue weighted by atomic mass is 15.3. The van der Waals surface area contributed by atoms with Gasteiger partial charge in [0.25, 0.3) is 0 Å². The highest BCUT2D eigenvalue weighted by Gasteiger charge is 2.13. The van der Waals surface area contributed by atoms with Crippen molar-refractivity contribution >= 4 is 0 Å². The molecule has 0 saturated carbocycles. The van der Waals surface area contributed by atoms with E-state index in [1.807, 2.05) is 23.1 Å². The molecule has 0 radical (unpaired) electrons. The molecule has 0 spiro atoms. The van der Waals surface area contributed by atoms with Crippen LogP contribution in [0.25, 0.3) is 0 Å². The molecule has 1 N–H and O–H groups in total. The summed E-state index contributed by atoms with van der Waals surface area (Å²) in [5.41, 5.74) is 1.25. The van der Waals surface area contributed by atoms with Crippen molar-refractivity contribution < 1.29 is 0 Å². The van der Waals surface area contributed by atoms with Gasteiger partial charge in [0.2, 0.25) is 0 Å². The Bertz CT molecular complexity index is 494. The highest BCUT2D eigenvalue weighted by Crippen LogP contribution is 2.07. The third-order valence-electron chi connectivity index (χ3n) is 3.31. The Morgan fingerprint density at radius 3 is 2.90 bits per heavy atom. The predicted octanol–water partition coefficient (Wildman–Crippen LogP) is 1.85. The van der Waals surface area contributed by atoms with Gasteiger partial charge in [-0.05, 0) is 37.9 Å². The van der Waals surface area contributed by atoms with Crippen LogP contribution >= 0.6 is 0 Å². The van der Waals surface area contributed by atoms with Crippen molar-refractivity contribution in [2.24, 2.45) is 0 Å². The maximum Gasteiger partial charge on any atom is 0.138 e. The van der Waals surface area contributed by atoms with Crippen LogP contribution < -0.4 is 5.32 Å². The van der Waals surface area contributed by atoms with Crippen molar-refractivity contribution in [2.45, 2.75) is 45.7 Å². The first-order valence-electron chi connectivity index (χ1n) is 7.32. The third kappa shape index (κ3) is 4.13. The lowest BCUT2D eigenvalue weighted by Gasteiger charge is -2.18. The Labute approximate surface area is 120 Å². The molecule has 0 aliphatic heterocycles. The summed E-state index contributed by atoms with van der Waals surface area (Å²) in [5.74, 6) is 1.05. The van der Waals surface area contributed by atoms with Crippen LogP contribution in [0, 0.1) is 0 Å². The smallest absolute Gasteiger partial charge is 0.138 e. The Morgan fingerprint density at radius 1 is 1.30 bits per heavy atom. The quantitative estimate of drug-likeness (QED) is 0.797. The molecular weight excluding hydrogens is 250 g/mol. The number of aryl methyl sites for hydroxylation is 1. The van der Waals surface area contributed by atoms with Crippen LogP contribution in [0.5, 0.6) is 0 Å². The SMILES string of the molecule is CCCNC(Cc1cccnc1)Cc1ncnn1CC. The van der Waals surface area contributed by atoms with Gasteiger partial charge in [-0.3, -0.25) is 9.67 Å². The molecule has 0 amide bonds. The molecule has 108 valence electrons. The molecule has 2 rings (SSSR count). The standard InChI is InChI=1S/C15H23N5/c1-3-7-17-14(9-13-6-5-8-16-11-13)10-15-18-12-19-20(15)4-2/h5-6,8,11-12,14,17H,3-4,7,9-10H2,1-2H3. The first kappa shape index (κ1) is 14.7. The minimum atomic E-state index is 0.369. The van der Waals surface area contributed by atoms with Crippen LogP contribution in [0.2, 0.25) is 0 Å². The molecule has 20 heavy (non-hydrogen) atoms. The number of nitrogens with zero attached hydrogens (tertiary/aromatic N) is 4. The van der Waals surface area contributed by atoms with Crippen LogP contribution in [0.1, 0.15) is 31.7 Å². The summed E-state index contributed by atoms with van der Waals surface area (Å²) in [5, 5.41) is 7.84. The van der Waals surface area contributed by atoms with Gasteiger partial charge in [0.1, 0.15) is 12.2 Å². The van der Waals surface area contributed by atoms with Gasteiger partial charge in [0, 0.05) is 31.4 Å². The summed E-state index contributed by atoms with van der Waals surface area (Å²) >= 11 is 0. The Kier molecular flexibility index (Phi) is 5.68. The first-order valence-corrected chi connectivity index (χ1v) is 7.32. The van der Waals surface area contributed by atoms with Crippen molar-refractivity contribution in [2.75, 3.05) is 6.54 Å². The number of hydrogen-bond donors (Lipinski definition) is 1. The molecule has 2 aromatic heterocycles. The van der Waals surface area contributed by atoms with E-state index in [1.165, 1.54) is 5.56 Å². The summed E-state index contributed by atoms with van der Waals surface area (Å²) in [6, 6.07) is 4.48. The normalized spacial score (nSPS) is 12.5. The van der Waals surface area contributed by atoms with E-state index < -0.39 is 0 Å². The summed E-state index contributed by atoms with van der Waals surface area (Å²) < 4.78 is 1.96. The lowest BCUT2D eigenvalue weighted by Crippen LogP contribution is -2.34. The second-order valence-electron chi connectivity index (χ2n) is 4.91. The molecule has 0 aliphatic carbocycles. The number of hydrogen-bond acceptors (Lipinski definition) is 4. The van der Waals surface area contributed by atoms with Crippen molar-refractivity contribution in [1.29, 1.82) is 0 Å². The number of pyridine rings is 1. The van der Waals surface area contributed by atoms with Gasteiger partial charge in [-0.15, -0.1) is 0 Å². The fourth-order valence-electron chi connectivity index (χ4n) is 2.30. The van der Waals surface area contributed by atoms with Gasteiger partial charge in [-0.25, -0.2) is 4.98 Å². The van der Waals surface area contributed by atoms with Crippen molar-refractivity contribution in [1.82, 2.24) is 25.1 Å².